The first-order valence-corrected chi connectivity index (χ1v) is 2.74. The zero-order valence-corrected chi connectivity index (χ0v) is 16.9. The van der Waals surface area contributed by atoms with E-state index in [-0.39, 0.29) is 67.7 Å². The van der Waals surface area contributed by atoms with E-state index in [1.54, 1.807) is 0 Å². The Morgan fingerprint density at radius 2 is 0.857 bits per heavy atom. The monoisotopic (exact) mass is 558 g/mol. The first-order valence-electron chi connectivity index (χ1n) is 0.408. The molecule has 0 heterocycles. The molecule has 0 aliphatic rings. The molecule has 0 fully saturated rings. The Balaban J connectivity index is -0.00000000267. The van der Waals surface area contributed by atoms with E-state index in [1.807, 2.05) is 0 Å². The minimum absolute atomic E-state index is 0. The van der Waals surface area contributed by atoms with Gasteiger partial charge in [-0.05, 0) is 0 Å². The summed E-state index contributed by atoms with van der Waals surface area (Å²) in [5, 5.41) is 0. The largest absolute Gasteiger partial charge is 0 e. The van der Waals surface area contributed by atoms with Crippen LogP contribution in [0.4, 0.5) is 0 Å². The van der Waals surface area contributed by atoms with Gasteiger partial charge in [0.2, 0.25) is 0 Å². The van der Waals surface area contributed by atoms with Crippen molar-refractivity contribution in [2.45, 2.75) is 0 Å². The molecule has 36 valence electrons. The van der Waals surface area contributed by atoms with Crippen LogP contribution in [0.1, 0.15) is 0 Å². The Kier molecular flexibility index (Phi) is 256. The van der Waals surface area contributed by atoms with Gasteiger partial charge in [-0.2, -0.15) is 0 Å². The molecule has 0 aromatic carbocycles. The molecule has 0 aliphatic carbocycles. The van der Waals surface area contributed by atoms with Crippen LogP contribution in [0.5, 0.6) is 0 Å². The predicted molar refractivity (Wildman–Crippen MR) is 18.6 cm³/mol. The molecule has 2 nitrogen and oxygen atoms in total. The summed E-state index contributed by atoms with van der Waals surface area (Å²) >= 11 is 0.600. The van der Waals surface area contributed by atoms with Crippen molar-refractivity contribution >= 4 is 70.9 Å². The fourth-order valence-corrected chi connectivity index (χ4v) is 0. The van der Waals surface area contributed by atoms with Crippen molar-refractivity contribution in [3.63, 3.8) is 0 Å². The van der Waals surface area contributed by atoms with Crippen LogP contribution in [0.15, 0.2) is 0 Å². The average Bonchev–Trinajstić information content (AvgIpc) is 1.50. The molecule has 0 rings (SSSR count). The second-order valence-corrected chi connectivity index (χ2v) is 0. The van der Waals surface area contributed by atoms with Gasteiger partial charge in [-0.15, -0.1) is 0 Å². The van der Waals surface area contributed by atoms with Crippen LogP contribution in [0, 0.1) is 0 Å². The molecule has 7 heavy (non-hydrogen) atoms. The zero-order valence-electron chi connectivity index (χ0n) is 3.40. The van der Waals surface area contributed by atoms with Gasteiger partial charge in [0.05, 0.1) is 0 Å². The van der Waals surface area contributed by atoms with Crippen molar-refractivity contribution in [1.29, 1.82) is 0 Å². The molecule has 0 saturated heterocycles. The van der Waals surface area contributed by atoms with Crippen LogP contribution in [0.25, 0.3) is 0 Å². The van der Waals surface area contributed by atoms with E-state index in [0.717, 1.165) is 0 Å². The fourth-order valence-electron chi connectivity index (χ4n) is 0. The molecular formula is AgInO2Sn2Zn. The molecule has 0 aromatic heterocycles. The average molecular weight is 557 g/mol. The van der Waals surface area contributed by atoms with E-state index in [2.05, 4.69) is 0 Å². The summed E-state index contributed by atoms with van der Waals surface area (Å²) < 4.78 is 16.7. The smallest absolute Gasteiger partial charge is 0 e. The van der Waals surface area contributed by atoms with Crippen LogP contribution in [0.2, 0.25) is 0 Å². The maximum absolute atomic E-state index is 8.34. The molecule has 0 amide bonds. The van der Waals surface area contributed by atoms with Crippen LogP contribution in [-0.2, 0) is 48.0 Å². The Morgan fingerprint density at radius 1 is 0.857 bits per heavy atom. The Labute approximate surface area is 116 Å². The third-order valence-electron chi connectivity index (χ3n) is 0. The molecule has 0 saturated carbocycles. The van der Waals surface area contributed by atoms with Gasteiger partial charge in [0, 0.05) is 67.7 Å². The summed E-state index contributed by atoms with van der Waals surface area (Å²) in [6.07, 6.45) is 0. The van der Waals surface area contributed by atoms with Crippen molar-refractivity contribution in [3.8, 4) is 0 Å². The number of rotatable bonds is 0. The Morgan fingerprint density at radius 3 is 0.857 bits per heavy atom. The van der Waals surface area contributed by atoms with Gasteiger partial charge in [0.25, 0.3) is 0 Å². The maximum Gasteiger partial charge on any atom is 0 e. The van der Waals surface area contributed by atoms with Crippen molar-refractivity contribution in [2.24, 2.45) is 0 Å². The molecule has 8 radical (unpaired) electrons. The van der Waals surface area contributed by atoms with Crippen LogP contribution >= 0.6 is 0 Å². The summed E-state index contributed by atoms with van der Waals surface area (Å²) in [4.78, 5) is 0. The Hall–Kier alpha value is 3.43. The summed E-state index contributed by atoms with van der Waals surface area (Å²) in [7, 11) is 0. The third-order valence-corrected chi connectivity index (χ3v) is 0. The first-order chi connectivity index (χ1) is 2.00. The summed E-state index contributed by atoms with van der Waals surface area (Å²) in [6.45, 7) is 0. The van der Waals surface area contributed by atoms with Crippen molar-refractivity contribution in [1.82, 2.24) is 0 Å². The normalized spacial score (nSPS) is 1.14. The van der Waals surface area contributed by atoms with Crippen LogP contribution in [0.3, 0.4) is 0 Å². The molecule has 0 atom stereocenters. The summed E-state index contributed by atoms with van der Waals surface area (Å²) in [5.41, 5.74) is 0. The summed E-state index contributed by atoms with van der Waals surface area (Å²) in [6, 6.07) is 0. The first kappa shape index (κ1) is 31.5. The van der Waals surface area contributed by atoms with Crippen molar-refractivity contribution in [2.75, 3.05) is 0 Å². The molecule has 0 N–H and O–H groups in total. The van der Waals surface area contributed by atoms with Crippen LogP contribution < -0.4 is 0 Å². The van der Waals surface area contributed by atoms with Gasteiger partial charge in [-0.3, -0.25) is 0 Å². The molecular weight excluding hydrogens is 557 g/mol. The minimum atomic E-state index is 0. The van der Waals surface area contributed by atoms with Gasteiger partial charge in [0.1, 0.15) is 0 Å². The molecule has 0 unspecified atom stereocenters. The van der Waals surface area contributed by atoms with E-state index >= 15 is 0 Å². The fraction of sp³-hybridized carbons (Fsp3) is 0. The molecule has 0 spiro atoms. The van der Waals surface area contributed by atoms with Gasteiger partial charge < -0.3 is 0 Å². The number of hydrogen-bond acceptors (Lipinski definition) is 2. The second kappa shape index (κ2) is 56.9. The van der Waals surface area contributed by atoms with Crippen LogP contribution in [-0.4, -0.2) is 70.9 Å². The van der Waals surface area contributed by atoms with E-state index in [1.165, 1.54) is 0 Å². The SMILES string of the molecule is [Ag].[In].[O]=[Sn].[O]=[Sn].[Zn]. The van der Waals surface area contributed by atoms with Gasteiger partial charge >= 0.3 is 51.2 Å². The van der Waals surface area contributed by atoms with E-state index in [0.29, 0.717) is 45.0 Å². The standard InChI is InChI=1S/Ag.In.2O.2Sn.Zn. The molecule has 0 aliphatic heterocycles. The molecule has 0 bridgehead atoms. The molecule has 0 aromatic rings. The molecule has 7 heteroatoms. The van der Waals surface area contributed by atoms with Gasteiger partial charge in [0.15, 0.2) is 0 Å². The van der Waals surface area contributed by atoms with E-state index in [9.17, 15) is 0 Å². The van der Waals surface area contributed by atoms with Gasteiger partial charge in [-0.1, -0.05) is 0 Å². The van der Waals surface area contributed by atoms with Crippen molar-refractivity contribution in [3.05, 3.63) is 0 Å². The minimum Gasteiger partial charge on any atom is 0 e. The predicted octanol–water partition coefficient (Wildman–Crippen LogP) is -1.39. The van der Waals surface area contributed by atoms with Gasteiger partial charge in [-0.25, -0.2) is 0 Å². The van der Waals surface area contributed by atoms with Crippen molar-refractivity contribution < 1.29 is 48.0 Å². The Bertz CT molecular complexity index is 17.7. The number of hydrogen-bond donors (Lipinski definition) is 0. The van der Waals surface area contributed by atoms with E-state index in [4.69, 9.17) is 6.15 Å². The maximum atomic E-state index is 8.34. The van der Waals surface area contributed by atoms with E-state index < -0.39 is 0 Å². The second-order valence-electron chi connectivity index (χ2n) is 0. The zero-order chi connectivity index (χ0) is 4.00. The topological polar surface area (TPSA) is 34.1 Å². The summed E-state index contributed by atoms with van der Waals surface area (Å²) in [5.74, 6) is 0. The quantitative estimate of drug-likeness (QED) is 0.344. The third kappa shape index (κ3) is 44.2.